The topological polar surface area (TPSA) is 104 Å². The van der Waals surface area contributed by atoms with Gasteiger partial charge in [0.05, 0.1) is 18.9 Å². The minimum Gasteiger partial charge on any atom is -0.490 e. The van der Waals surface area contributed by atoms with Crippen LogP contribution in [0.3, 0.4) is 0 Å². The van der Waals surface area contributed by atoms with Crippen molar-refractivity contribution in [1.29, 1.82) is 0 Å². The molecule has 2 heterocycles. The Morgan fingerprint density at radius 2 is 1.76 bits per heavy atom. The SMILES string of the molecule is CCOc1ccc(NC(=O)COC(=O)CCc2c(C)nc3cc(C)nn3c2C)cc1OCC. The zero-order valence-electron chi connectivity index (χ0n) is 19.7. The van der Waals surface area contributed by atoms with Crippen molar-refractivity contribution in [1.82, 2.24) is 14.6 Å². The molecule has 0 spiro atoms. The minimum atomic E-state index is -0.456. The summed E-state index contributed by atoms with van der Waals surface area (Å²) in [5.74, 6) is 0.255. The van der Waals surface area contributed by atoms with Crippen LogP contribution in [0.4, 0.5) is 5.69 Å². The number of aryl methyl sites for hydroxylation is 3. The lowest BCUT2D eigenvalue weighted by molar-refractivity contribution is -0.147. The highest BCUT2D eigenvalue weighted by molar-refractivity contribution is 5.93. The van der Waals surface area contributed by atoms with Gasteiger partial charge in [0.1, 0.15) is 0 Å². The molecule has 0 radical (unpaired) electrons. The molecule has 33 heavy (non-hydrogen) atoms. The fraction of sp³-hybridized carbons (Fsp3) is 0.417. The highest BCUT2D eigenvalue weighted by Crippen LogP contribution is 2.30. The van der Waals surface area contributed by atoms with Gasteiger partial charge in [-0.05, 0) is 58.7 Å². The molecule has 0 bridgehead atoms. The van der Waals surface area contributed by atoms with Crippen molar-refractivity contribution in [2.75, 3.05) is 25.1 Å². The van der Waals surface area contributed by atoms with Crippen LogP contribution in [0.2, 0.25) is 0 Å². The lowest BCUT2D eigenvalue weighted by Gasteiger charge is -2.13. The minimum absolute atomic E-state index is 0.139. The molecule has 9 heteroatoms. The van der Waals surface area contributed by atoms with Gasteiger partial charge in [-0.15, -0.1) is 0 Å². The first-order chi connectivity index (χ1) is 15.8. The number of nitrogens with zero attached hydrogens (tertiary/aromatic N) is 3. The Hall–Kier alpha value is -3.62. The van der Waals surface area contributed by atoms with Crippen molar-refractivity contribution in [2.24, 2.45) is 0 Å². The van der Waals surface area contributed by atoms with Gasteiger partial charge in [-0.1, -0.05) is 0 Å². The molecule has 0 fully saturated rings. The molecule has 0 aliphatic rings. The number of carbonyl (C=O) groups excluding carboxylic acids is 2. The van der Waals surface area contributed by atoms with Crippen LogP contribution < -0.4 is 14.8 Å². The van der Waals surface area contributed by atoms with Crippen LogP contribution in [0.15, 0.2) is 24.3 Å². The predicted molar refractivity (Wildman–Crippen MR) is 124 cm³/mol. The summed E-state index contributed by atoms with van der Waals surface area (Å²) in [6, 6.07) is 7.03. The summed E-state index contributed by atoms with van der Waals surface area (Å²) < 4.78 is 18.0. The predicted octanol–water partition coefficient (Wildman–Crippen LogP) is 3.57. The highest BCUT2D eigenvalue weighted by atomic mass is 16.5. The number of benzene rings is 1. The zero-order chi connectivity index (χ0) is 24.0. The summed E-state index contributed by atoms with van der Waals surface area (Å²) in [6.45, 7) is 10.1. The monoisotopic (exact) mass is 454 g/mol. The second-order valence-corrected chi connectivity index (χ2v) is 7.55. The van der Waals surface area contributed by atoms with E-state index < -0.39 is 11.9 Å². The van der Waals surface area contributed by atoms with Crippen LogP contribution in [0.5, 0.6) is 11.5 Å². The fourth-order valence-electron chi connectivity index (χ4n) is 3.57. The van der Waals surface area contributed by atoms with E-state index in [2.05, 4.69) is 15.4 Å². The molecule has 1 amide bonds. The van der Waals surface area contributed by atoms with Crippen molar-refractivity contribution in [3.8, 4) is 11.5 Å². The number of fused-ring (bicyclic) bond motifs is 1. The van der Waals surface area contributed by atoms with Gasteiger partial charge >= 0.3 is 5.97 Å². The average molecular weight is 455 g/mol. The van der Waals surface area contributed by atoms with Crippen LogP contribution >= 0.6 is 0 Å². The second-order valence-electron chi connectivity index (χ2n) is 7.55. The molecule has 3 rings (SSSR count). The van der Waals surface area contributed by atoms with Gasteiger partial charge in [0.25, 0.3) is 5.91 Å². The van der Waals surface area contributed by atoms with Crippen molar-refractivity contribution in [3.63, 3.8) is 0 Å². The maximum Gasteiger partial charge on any atom is 0.306 e. The Morgan fingerprint density at radius 1 is 1.03 bits per heavy atom. The maximum absolute atomic E-state index is 12.2. The molecule has 1 aromatic carbocycles. The van der Waals surface area contributed by atoms with Crippen molar-refractivity contribution < 1.29 is 23.8 Å². The van der Waals surface area contributed by atoms with E-state index in [0.717, 1.165) is 28.3 Å². The molecular formula is C24H30N4O5. The Bertz CT molecular complexity index is 1160. The number of aromatic nitrogens is 3. The van der Waals surface area contributed by atoms with Crippen LogP contribution in [0.25, 0.3) is 5.65 Å². The lowest BCUT2D eigenvalue weighted by Crippen LogP contribution is -2.21. The van der Waals surface area contributed by atoms with E-state index in [1.807, 2.05) is 40.7 Å². The molecular weight excluding hydrogens is 424 g/mol. The molecule has 2 aromatic heterocycles. The molecule has 0 saturated carbocycles. The number of amides is 1. The van der Waals surface area contributed by atoms with Gasteiger partial charge in [0, 0.05) is 35.6 Å². The van der Waals surface area contributed by atoms with Gasteiger partial charge < -0.3 is 19.5 Å². The summed E-state index contributed by atoms with van der Waals surface area (Å²) in [5, 5.41) is 7.15. The van der Waals surface area contributed by atoms with Gasteiger partial charge in [-0.2, -0.15) is 5.10 Å². The molecule has 1 N–H and O–H groups in total. The quantitative estimate of drug-likeness (QED) is 0.467. The number of ether oxygens (including phenoxy) is 3. The zero-order valence-corrected chi connectivity index (χ0v) is 19.7. The lowest BCUT2D eigenvalue weighted by atomic mass is 10.1. The van der Waals surface area contributed by atoms with Gasteiger partial charge in [0.2, 0.25) is 0 Å². The van der Waals surface area contributed by atoms with E-state index in [4.69, 9.17) is 14.2 Å². The summed E-state index contributed by atoms with van der Waals surface area (Å²) in [6.07, 6.45) is 0.594. The van der Waals surface area contributed by atoms with E-state index in [0.29, 0.717) is 36.8 Å². The van der Waals surface area contributed by atoms with E-state index in [9.17, 15) is 9.59 Å². The molecule has 0 aliphatic heterocycles. The molecule has 0 atom stereocenters. The summed E-state index contributed by atoms with van der Waals surface area (Å²) >= 11 is 0. The molecule has 0 saturated heterocycles. The van der Waals surface area contributed by atoms with E-state index in [1.165, 1.54) is 0 Å². The van der Waals surface area contributed by atoms with Crippen molar-refractivity contribution >= 4 is 23.2 Å². The smallest absolute Gasteiger partial charge is 0.306 e. The van der Waals surface area contributed by atoms with Crippen LogP contribution in [-0.4, -0.2) is 46.3 Å². The third kappa shape index (κ3) is 6.00. The Morgan fingerprint density at radius 3 is 2.48 bits per heavy atom. The number of rotatable bonds is 10. The highest BCUT2D eigenvalue weighted by Gasteiger charge is 2.15. The van der Waals surface area contributed by atoms with E-state index in [1.54, 1.807) is 22.7 Å². The normalized spacial score (nSPS) is 10.8. The number of esters is 1. The first-order valence-corrected chi connectivity index (χ1v) is 11.0. The Kier molecular flexibility index (Phi) is 7.87. The number of nitrogens with one attached hydrogen (secondary N) is 1. The molecule has 9 nitrogen and oxygen atoms in total. The van der Waals surface area contributed by atoms with E-state index in [-0.39, 0.29) is 13.0 Å². The first kappa shape index (κ1) is 24.0. The largest absolute Gasteiger partial charge is 0.490 e. The second kappa shape index (κ2) is 10.8. The summed E-state index contributed by atoms with van der Waals surface area (Å²) in [7, 11) is 0. The molecule has 0 aliphatic carbocycles. The standard InChI is InChI=1S/C24H30N4O5/c1-6-31-20-10-8-18(13-21(20)32-7-2)26-23(29)14-33-24(30)11-9-19-16(4)25-22-12-15(3)27-28(22)17(19)5/h8,10,12-13H,6-7,9,11,14H2,1-5H3,(H,26,29). The number of anilines is 1. The molecule has 176 valence electrons. The number of carbonyl (C=O) groups is 2. The van der Waals surface area contributed by atoms with Crippen LogP contribution in [-0.2, 0) is 20.7 Å². The first-order valence-electron chi connectivity index (χ1n) is 11.0. The molecule has 3 aromatic rings. The molecule has 0 unspecified atom stereocenters. The van der Waals surface area contributed by atoms with Crippen molar-refractivity contribution in [2.45, 2.75) is 47.5 Å². The Labute approximate surface area is 193 Å². The average Bonchev–Trinajstić information content (AvgIpc) is 3.14. The van der Waals surface area contributed by atoms with E-state index >= 15 is 0 Å². The Balaban J connectivity index is 1.53. The van der Waals surface area contributed by atoms with Crippen molar-refractivity contribution in [3.05, 3.63) is 46.9 Å². The number of hydrogen-bond donors (Lipinski definition) is 1. The fourth-order valence-corrected chi connectivity index (χ4v) is 3.57. The van der Waals surface area contributed by atoms with Gasteiger partial charge in [0.15, 0.2) is 23.8 Å². The van der Waals surface area contributed by atoms with Gasteiger partial charge in [-0.3, -0.25) is 9.59 Å². The third-order valence-corrected chi connectivity index (χ3v) is 5.06. The number of hydrogen-bond acceptors (Lipinski definition) is 7. The summed E-state index contributed by atoms with van der Waals surface area (Å²) in [4.78, 5) is 29.0. The summed E-state index contributed by atoms with van der Waals surface area (Å²) in [5.41, 5.74) is 4.94. The van der Waals surface area contributed by atoms with Crippen LogP contribution in [0.1, 0.15) is 42.9 Å². The van der Waals surface area contributed by atoms with Crippen LogP contribution in [0, 0.1) is 20.8 Å². The maximum atomic E-state index is 12.2. The van der Waals surface area contributed by atoms with Gasteiger partial charge in [-0.25, -0.2) is 9.50 Å². The third-order valence-electron chi connectivity index (χ3n) is 5.06.